The van der Waals surface area contributed by atoms with Gasteiger partial charge in [-0.25, -0.2) is 0 Å². The van der Waals surface area contributed by atoms with Crippen LogP contribution >= 0.6 is 0 Å². The van der Waals surface area contributed by atoms with Gasteiger partial charge in [0.25, 0.3) is 0 Å². The molecule has 11 heavy (non-hydrogen) atoms. The molecule has 0 nitrogen and oxygen atoms in total. The second-order valence-electron chi connectivity index (χ2n) is 3.12. The van der Waals surface area contributed by atoms with Crippen molar-refractivity contribution in [1.29, 1.82) is 0 Å². The van der Waals surface area contributed by atoms with Crippen LogP contribution in [0.5, 0.6) is 0 Å². The first-order valence-electron chi connectivity index (χ1n) is 3.75. The number of hydrogen-bond acceptors (Lipinski definition) is 0. The molecule has 61 valence electrons. The molecule has 0 aromatic rings. The third kappa shape index (κ3) is 1.60. The second-order valence-corrected chi connectivity index (χ2v) is 3.12. The van der Waals surface area contributed by atoms with Gasteiger partial charge < -0.3 is 0 Å². The molecule has 0 atom stereocenters. The van der Waals surface area contributed by atoms with Gasteiger partial charge in [-0.3, -0.25) is 0 Å². The van der Waals surface area contributed by atoms with Gasteiger partial charge in [-0.2, -0.15) is 0 Å². The second kappa shape index (κ2) is 3.61. The first kappa shape index (κ1) is 11.0. The first-order valence-corrected chi connectivity index (χ1v) is 3.75. The van der Waals surface area contributed by atoms with Crippen LogP contribution in [0.3, 0.4) is 0 Å². The Morgan fingerprint density at radius 3 is 0.909 bits per heavy atom. The zero-order chi connectivity index (χ0) is 7.89. The Bertz CT molecular complexity index is 197. The van der Waals surface area contributed by atoms with Crippen LogP contribution in [0.4, 0.5) is 0 Å². The van der Waals surface area contributed by atoms with Gasteiger partial charge in [0, 0.05) is 23.3 Å². The molecule has 1 aliphatic carbocycles. The zero-order valence-electron chi connectivity index (χ0n) is 7.91. The van der Waals surface area contributed by atoms with Gasteiger partial charge in [0.05, 0.1) is 0 Å². The first-order chi connectivity index (χ1) is 4.55. The van der Waals surface area contributed by atoms with Crippen molar-refractivity contribution in [2.45, 2.75) is 34.6 Å². The van der Waals surface area contributed by atoms with Crippen molar-refractivity contribution in [1.82, 2.24) is 0 Å². The summed E-state index contributed by atoms with van der Waals surface area (Å²) in [4.78, 5) is 0. The Morgan fingerprint density at radius 2 is 0.818 bits per heavy atom. The molecule has 0 amide bonds. The average Bonchev–Trinajstić information content (AvgIpc) is 2.07. The van der Waals surface area contributed by atoms with Gasteiger partial charge in [-0.1, -0.05) is 18.1 Å². The molecule has 0 saturated carbocycles. The standard InChI is InChI=1S/C10H15.Cr/c1-6-7(2)9(4)10(5)8(6)3;/h1-5H3;. The van der Waals surface area contributed by atoms with Crippen LogP contribution < -0.4 is 0 Å². The molecule has 1 heteroatoms. The van der Waals surface area contributed by atoms with E-state index in [1.54, 1.807) is 0 Å². The van der Waals surface area contributed by atoms with Gasteiger partial charge in [-0.05, 0) is 38.8 Å². The largest absolute Gasteiger partial charge is 0.0589 e. The summed E-state index contributed by atoms with van der Waals surface area (Å²) >= 11 is 0. The summed E-state index contributed by atoms with van der Waals surface area (Å²) in [6.07, 6.45) is 0. The van der Waals surface area contributed by atoms with Crippen LogP contribution in [0.2, 0.25) is 0 Å². The van der Waals surface area contributed by atoms with Crippen LogP contribution in [0, 0.1) is 5.92 Å². The van der Waals surface area contributed by atoms with Crippen LogP contribution in [-0.4, -0.2) is 0 Å². The van der Waals surface area contributed by atoms with Crippen molar-refractivity contribution in [2.24, 2.45) is 0 Å². The van der Waals surface area contributed by atoms with E-state index >= 15 is 0 Å². The Hall–Kier alpha value is 0.0125. The summed E-state index contributed by atoms with van der Waals surface area (Å²) in [5, 5.41) is 0. The number of allylic oxidation sites excluding steroid dienone is 4. The average molecular weight is 187 g/mol. The van der Waals surface area contributed by atoms with E-state index in [9.17, 15) is 0 Å². The topological polar surface area (TPSA) is 0 Å². The van der Waals surface area contributed by atoms with Crippen LogP contribution in [0.25, 0.3) is 0 Å². The summed E-state index contributed by atoms with van der Waals surface area (Å²) in [6, 6.07) is 0. The van der Waals surface area contributed by atoms with E-state index in [1.165, 1.54) is 28.2 Å². The van der Waals surface area contributed by atoms with Crippen molar-refractivity contribution in [3.63, 3.8) is 0 Å². The fraction of sp³-hybridized carbons (Fsp3) is 0.500. The predicted octanol–water partition coefficient (Wildman–Crippen LogP) is 3.26. The Kier molecular flexibility index (Phi) is 3.61. The van der Waals surface area contributed by atoms with Gasteiger partial charge in [0.15, 0.2) is 0 Å². The smallest absolute Gasteiger partial charge is 0.0226 e. The zero-order valence-corrected chi connectivity index (χ0v) is 9.18. The molecule has 0 bridgehead atoms. The monoisotopic (exact) mass is 187 g/mol. The summed E-state index contributed by atoms with van der Waals surface area (Å²) in [6.45, 7) is 11.0. The molecule has 0 fully saturated rings. The van der Waals surface area contributed by atoms with E-state index in [-0.39, 0.29) is 17.4 Å². The Labute approximate surface area is 80.5 Å². The predicted molar refractivity (Wildman–Crippen MR) is 45.7 cm³/mol. The van der Waals surface area contributed by atoms with Crippen LogP contribution in [0.15, 0.2) is 22.3 Å². The van der Waals surface area contributed by atoms with Gasteiger partial charge >= 0.3 is 0 Å². The third-order valence-electron chi connectivity index (χ3n) is 2.81. The molecule has 0 spiro atoms. The van der Waals surface area contributed by atoms with Crippen LogP contribution in [-0.2, 0) is 17.4 Å². The molecule has 0 unspecified atom stereocenters. The molecular formula is C10H15Cr. The van der Waals surface area contributed by atoms with E-state index < -0.39 is 0 Å². The molecule has 1 radical (unpaired) electrons. The maximum Gasteiger partial charge on any atom is 0.0226 e. The molecule has 0 heterocycles. The Morgan fingerprint density at radius 1 is 0.545 bits per heavy atom. The van der Waals surface area contributed by atoms with Gasteiger partial charge in [-0.15, -0.1) is 0 Å². The minimum absolute atomic E-state index is 0. The van der Waals surface area contributed by atoms with Crippen molar-refractivity contribution in [3.8, 4) is 0 Å². The summed E-state index contributed by atoms with van der Waals surface area (Å²) in [7, 11) is 0. The molecule has 0 aliphatic heterocycles. The fourth-order valence-electron chi connectivity index (χ4n) is 1.41. The van der Waals surface area contributed by atoms with Crippen LogP contribution in [0.1, 0.15) is 34.6 Å². The molecule has 0 aromatic heterocycles. The Balaban J connectivity index is 0.000001000. The van der Waals surface area contributed by atoms with Crippen molar-refractivity contribution in [2.75, 3.05) is 0 Å². The molecular weight excluding hydrogens is 172 g/mol. The summed E-state index contributed by atoms with van der Waals surface area (Å²) < 4.78 is 0. The molecule has 0 aromatic carbocycles. The molecule has 1 rings (SSSR count). The van der Waals surface area contributed by atoms with E-state index in [0.717, 1.165) is 0 Å². The SMILES string of the molecule is C[C]1C(C)=C(C)C(C)=C1C.[Cr]. The minimum Gasteiger partial charge on any atom is -0.0589 e. The van der Waals surface area contributed by atoms with E-state index in [0.29, 0.717) is 0 Å². The summed E-state index contributed by atoms with van der Waals surface area (Å²) in [5.41, 5.74) is 5.87. The third-order valence-corrected chi connectivity index (χ3v) is 2.81. The number of hydrogen-bond donors (Lipinski definition) is 0. The van der Waals surface area contributed by atoms with E-state index in [4.69, 9.17) is 0 Å². The maximum atomic E-state index is 2.20. The quantitative estimate of drug-likeness (QED) is 0.546. The van der Waals surface area contributed by atoms with Gasteiger partial charge in [0.2, 0.25) is 0 Å². The van der Waals surface area contributed by atoms with E-state index in [2.05, 4.69) is 34.6 Å². The molecule has 0 saturated heterocycles. The van der Waals surface area contributed by atoms with Gasteiger partial charge in [0.1, 0.15) is 0 Å². The molecule has 0 N–H and O–H groups in total. The normalized spacial score (nSPS) is 19.4. The van der Waals surface area contributed by atoms with Crippen molar-refractivity contribution >= 4 is 0 Å². The number of rotatable bonds is 0. The van der Waals surface area contributed by atoms with Crippen molar-refractivity contribution < 1.29 is 17.4 Å². The van der Waals surface area contributed by atoms with E-state index in [1.807, 2.05) is 0 Å². The van der Waals surface area contributed by atoms with Crippen molar-refractivity contribution in [3.05, 3.63) is 28.2 Å². The minimum atomic E-state index is 0. The summed E-state index contributed by atoms with van der Waals surface area (Å²) in [5.74, 6) is 1.47. The molecule has 1 aliphatic rings. The fourth-order valence-corrected chi connectivity index (χ4v) is 1.41. The maximum absolute atomic E-state index is 2.20.